The van der Waals surface area contributed by atoms with Gasteiger partial charge in [-0.3, -0.25) is 0 Å². The minimum absolute atomic E-state index is 0.00815. The zero-order chi connectivity index (χ0) is 55.4. The molecule has 0 N–H and O–H groups in total. The average Bonchev–Trinajstić information content (AvgIpc) is 2.86. The lowest BCUT2D eigenvalue weighted by Crippen LogP contribution is -2.62. The smallest absolute Gasteiger partial charge is 0.252 e. The minimum atomic E-state index is -0.197. The van der Waals surface area contributed by atoms with Crippen molar-refractivity contribution in [3.8, 4) is 11.1 Å². The number of anilines is 8. The number of benzene rings is 8. The molecule has 0 bridgehead atoms. The lowest BCUT2D eigenvalue weighted by Gasteiger charge is -2.52. The first-order valence-electron chi connectivity index (χ1n) is 29.8. The SMILES string of the molecule is CC(C)(C)c1ccc(N2c3cc(N4c5ccccc5C5(c6ccccc6)CCCCC45C)ccc3B3c4cc5c(cc4N(c4ccc(C(C)(C)C)cc4-c4ccccc4)c4cc(C(C)(C)C)cc2c43)C(C)(C)CCC5(C)C)cc1. The van der Waals surface area contributed by atoms with Gasteiger partial charge in [-0.1, -0.05) is 212 Å². The van der Waals surface area contributed by atoms with Crippen molar-refractivity contribution in [3.05, 3.63) is 209 Å². The Kier molecular flexibility index (Phi) is 11.5. The Hall–Kier alpha value is -6.78. The van der Waals surface area contributed by atoms with Crippen molar-refractivity contribution in [2.24, 2.45) is 0 Å². The van der Waals surface area contributed by atoms with Crippen molar-refractivity contribution >= 4 is 68.6 Å². The Bertz CT molecular complexity index is 3720. The quantitative estimate of drug-likeness (QED) is 0.159. The molecule has 1 saturated carbocycles. The highest BCUT2D eigenvalue weighted by Gasteiger charge is 2.61. The number of nitrogens with zero attached hydrogens (tertiary/aromatic N) is 3. The molecule has 13 rings (SSSR count). The van der Waals surface area contributed by atoms with Crippen LogP contribution in [0.5, 0.6) is 0 Å². The van der Waals surface area contributed by atoms with E-state index in [4.69, 9.17) is 0 Å². The summed E-state index contributed by atoms with van der Waals surface area (Å²) in [4.78, 5) is 8.20. The summed E-state index contributed by atoms with van der Waals surface area (Å²) in [6.07, 6.45) is 6.96. The molecule has 2 aliphatic carbocycles. The van der Waals surface area contributed by atoms with Gasteiger partial charge in [-0.05, 0) is 181 Å². The van der Waals surface area contributed by atoms with Crippen LogP contribution >= 0.6 is 0 Å². The van der Waals surface area contributed by atoms with Crippen molar-refractivity contribution in [1.29, 1.82) is 0 Å². The van der Waals surface area contributed by atoms with E-state index < -0.39 is 0 Å². The molecule has 0 radical (unpaired) electrons. The molecule has 0 spiro atoms. The molecule has 0 amide bonds. The largest absolute Gasteiger partial charge is 0.334 e. The molecule has 79 heavy (non-hydrogen) atoms. The average molecular weight is 1040 g/mol. The fourth-order valence-electron chi connectivity index (χ4n) is 15.4. The number of fused-ring (bicyclic) bond motifs is 8. The van der Waals surface area contributed by atoms with E-state index in [1.165, 1.54) is 125 Å². The van der Waals surface area contributed by atoms with Crippen LogP contribution in [0.3, 0.4) is 0 Å². The lowest BCUT2D eigenvalue weighted by atomic mass is 9.33. The van der Waals surface area contributed by atoms with Crippen LogP contribution in [0.1, 0.15) is 174 Å². The molecule has 3 heterocycles. The second-order valence-electron chi connectivity index (χ2n) is 29.0. The van der Waals surface area contributed by atoms with Gasteiger partial charge in [-0.25, -0.2) is 0 Å². The molecule has 4 heteroatoms. The Morgan fingerprint density at radius 2 is 0.949 bits per heavy atom. The number of rotatable bonds is 5. The first kappa shape index (κ1) is 51.6. The van der Waals surface area contributed by atoms with Crippen LogP contribution < -0.4 is 31.1 Å². The second kappa shape index (κ2) is 17.6. The summed E-state index contributed by atoms with van der Waals surface area (Å²) in [7, 11) is 0. The summed E-state index contributed by atoms with van der Waals surface area (Å²) in [5.41, 5.74) is 26.1. The Morgan fingerprint density at radius 1 is 0.392 bits per heavy atom. The number of hydrogen-bond acceptors (Lipinski definition) is 3. The zero-order valence-electron chi connectivity index (χ0n) is 49.8. The Morgan fingerprint density at radius 3 is 1.61 bits per heavy atom. The van der Waals surface area contributed by atoms with E-state index in [2.05, 4.69) is 281 Å². The van der Waals surface area contributed by atoms with Crippen molar-refractivity contribution in [1.82, 2.24) is 0 Å². The van der Waals surface area contributed by atoms with Crippen LogP contribution in [0.25, 0.3) is 11.1 Å². The summed E-state index contributed by atoms with van der Waals surface area (Å²) >= 11 is 0. The van der Waals surface area contributed by atoms with Crippen LogP contribution in [0.4, 0.5) is 45.5 Å². The Labute approximate surface area is 474 Å². The van der Waals surface area contributed by atoms with Crippen LogP contribution in [0.2, 0.25) is 0 Å². The van der Waals surface area contributed by atoms with E-state index in [9.17, 15) is 0 Å². The molecular weight excluding hydrogens is 954 g/mol. The predicted molar refractivity (Wildman–Crippen MR) is 340 cm³/mol. The zero-order valence-corrected chi connectivity index (χ0v) is 49.8. The highest BCUT2D eigenvalue weighted by molar-refractivity contribution is 7.00. The fraction of sp³-hybridized carbons (Fsp3) is 0.360. The van der Waals surface area contributed by atoms with E-state index in [1.54, 1.807) is 0 Å². The first-order chi connectivity index (χ1) is 37.4. The topological polar surface area (TPSA) is 9.72 Å². The van der Waals surface area contributed by atoms with Crippen LogP contribution in [-0.2, 0) is 32.5 Å². The van der Waals surface area contributed by atoms with Gasteiger partial charge in [0.1, 0.15) is 0 Å². The molecule has 2 atom stereocenters. The van der Waals surface area contributed by atoms with E-state index in [0.29, 0.717) is 0 Å². The second-order valence-corrected chi connectivity index (χ2v) is 29.0. The molecule has 8 aromatic carbocycles. The van der Waals surface area contributed by atoms with Gasteiger partial charge in [0.05, 0.1) is 11.2 Å². The van der Waals surface area contributed by atoms with Gasteiger partial charge in [0, 0.05) is 50.8 Å². The molecule has 0 saturated heterocycles. The maximum Gasteiger partial charge on any atom is 0.252 e. The fourth-order valence-corrected chi connectivity index (χ4v) is 15.4. The highest BCUT2D eigenvalue weighted by atomic mass is 15.3. The van der Waals surface area contributed by atoms with E-state index in [1.807, 2.05) is 0 Å². The Balaban J connectivity index is 1.14. The van der Waals surface area contributed by atoms with Crippen molar-refractivity contribution in [3.63, 3.8) is 0 Å². The minimum Gasteiger partial charge on any atom is -0.334 e. The third-order valence-corrected chi connectivity index (χ3v) is 20.1. The van der Waals surface area contributed by atoms with Gasteiger partial charge in [0.25, 0.3) is 6.71 Å². The highest BCUT2D eigenvalue weighted by Crippen LogP contribution is 2.64. The lowest BCUT2D eigenvalue weighted by molar-refractivity contribution is 0.215. The summed E-state index contributed by atoms with van der Waals surface area (Å²) in [5, 5.41) is 0. The normalized spacial score (nSPS) is 20.7. The number of hydrogen-bond donors (Lipinski definition) is 0. The molecule has 0 aromatic heterocycles. The van der Waals surface area contributed by atoms with Gasteiger partial charge < -0.3 is 14.7 Å². The van der Waals surface area contributed by atoms with Crippen LogP contribution in [-0.4, -0.2) is 12.3 Å². The van der Waals surface area contributed by atoms with Gasteiger partial charge in [0.2, 0.25) is 0 Å². The van der Waals surface area contributed by atoms with Gasteiger partial charge in [0.15, 0.2) is 0 Å². The third-order valence-electron chi connectivity index (χ3n) is 20.1. The molecule has 5 aliphatic rings. The molecular formula is C75H82BN3. The van der Waals surface area contributed by atoms with Crippen LogP contribution in [0.15, 0.2) is 170 Å². The molecule has 3 nitrogen and oxygen atoms in total. The van der Waals surface area contributed by atoms with Gasteiger partial charge in [-0.2, -0.15) is 0 Å². The van der Waals surface area contributed by atoms with Gasteiger partial charge >= 0.3 is 0 Å². The van der Waals surface area contributed by atoms with Crippen molar-refractivity contribution < 1.29 is 0 Å². The summed E-state index contributed by atoms with van der Waals surface area (Å²) in [6, 6.07) is 67.4. The first-order valence-corrected chi connectivity index (χ1v) is 29.8. The van der Waals surface area contributed by atoms with Crippen LogP contribution in [0, 0.1) is 0 Å². The molecule has 2 unspecified atom stereocenters. The van der Waals surface area contributed by atoms with E-state index in [0.717, 1.165) is 25.7 Å². The maximum absolute atomic E-state index is 2.80. The van der Waals surface area contributed by atoms with Gasteiger partial charge in [-0.15, -0.1) is 0 Å². The van der Waals surface area contributed by atoms with Crippen molar-refractivity contribution in [2.45, 2.75) is 173 Å². The standard InChI is InChI=1S/C75H82BN3/c1-69(2,3)50-31-34-54(35-32-50)77-64-46-55(79-63-30-22-21-29-57(63)75(51-27-19-16-20-28-51)40-24-23-39-74(75,79)14)36-37-60(64)76-61-47-58-59(73(12,13)42-41-72(58,10)11)48-65(61)78(67-45-53(71(7,8)9)44-66(77)68(67)76)62-38-33-52(70(4,5)6)43-56(62)49-25-17-15-18-26-49/h15-22,25-38,43-48H,23-24,39-42H2,1-14H3. The third kappa shape index (κ3) is 7.80. The molecule has 1 fully saturated rings. The van der Waals surface area contributed by atoms with Crippen molar-refractivity contribution in [2.75, 3.05) is 14.7 Å². The monoisotopic (exact) mass is 1040 g/mol. The van der Waals surface area contributed by atoms with E-state index >= 15 is 0 Å². The number of para-hydroxylation sites is 1. The summed E-state index contributed by atoms with van der Waals surface area (Å²) in [6.45, 7) is 33.8. The van der Waals surface area contributed by atoms with E-state index in [-0.39, 0.29) is 44.7 Å². The summed E-state index contributed by atoms with van der Waals surface area (Å²) < 4.78 is 0. The predicted octanol–water partition coefficient (Wildman–Crippen LogP) is 18.4. The molecule has 8 aromatic rings. The maximum atomic E-state index is 2.80. The molecule has 3 aliphatic heterocycles. The molecule has 400 valence electrons. The summed E-state index contributed by atoms with van der Waals surface area (Å²) in [5.74, 6) is 0.